The number of pyridine rings is 1. The van der Waals surface area contributed by atoms with Crippen molar-refractivity contribution in [1.29, 1.82) is 0 Å². The van der Waals surface area contributed by atoms with Crippen LogP contribution < -0.4 is 16.5 Å². The summed E-state index contributed by atoms with van der Waals surface area (Å²) in [5.41, 5.74) is -0.0678. The predicted octanol–water partition coefficient (Wildman–Crippen LogP) is 2.98. The number of ether oxygens (including phenoxy) is 1. The Morgan fingerprint density at radius 3 is 2.32 bits per heavy atom. The fourth-order valence-electron chi connectivity index (χ4n) is 3.07. The van der Waals surface area contributed by atoms with Crippen molar-refractivity contribution in [3.63, 3.8) is 0 Å². The van der Waals surface area contributed by atoms with E-state index in [1.807, 2.05) is 0 Å². The lowest BCUT2D eigenvalue weighted by Crippen LogP contribution is -2.21. The molecule has 0 saturated heterocycles. The lowest BCUT2D eigenvalue weighted by atomic mass is 10.2. The maximum atomic E-state index is 13.0. The van der Waals surface area contributed by atoms with Crippen LogP contribution in [-0.4, -0.2) is 23.6 Å². The van der Waals surface area contributed by atoms with Gasteiger partial charge < -0.3 is 14.5 Å². The topological polar surface area (TPSA) is 108 Å². The first kappa shape index (κ1) is 19.8. The number of hydrogen-bond donors (Lipinski definition) is 1. The van der Waals surface area contributed by atoms with Crippen LogP contribution in [0.2, 0.25) is 0 Å². The largest absolute Gasteiger partial charge is 0.465 e. The molecule has 2 heterocycles. The Morgan fingerprint density at radius 1 is 0.935 bits per heavy atom. The van der Waals surface area contributed by atoms with Crippen molar-refractivity contribution in [1.82, 2.24) is 4.57 Å². The molecule has 2 aromatic carbocycles. The predicted molar refractivity (Wildman–Crippen MR) is 114 cm³/mol. The number of carbonyl (C=O) groups is 2. The number of hydrogen-bond acceptors (Lipinski definition) is 6. The average Bonchev–Trinajstić information content (AvgIpc) is 2.80. The Morgan fingerprint density at radius 2 is 1.65 bits per heavy atom. The molecule has 31 heavy (non-hydrogen) atoms. The number of rotatable bonds is 4. The summed E-state index contributed by atoms with van der Waals surface area (Å²) >= 11 is 0. The molecule has 0 saturated carbocycles. The molecule has 4 rings (SSSR count). The van der Waals surface area contributed by atoms with Crippen molar-refractivity contribution in [2.75, 3.05) is 12.4 Å². The third-order valence-corrected chi connectivity index (χ3v) is 4.65. The van der Waals surface area contributed by atoms with Gasteiger partial charge in [0.1, 0.15) is 11.3 Å². The Kier molecular flexibility index (Phi) is 5.19. The second-order valence-electron chi connectivity index (χ2n) is 6.57. The molecule has 1 amide bonds. The summed E-state index contributed by atoms with van der Waals surface area (Å²) in [5, 5.41) is 2.60. The van der Waals surface area contributed by atoms with E-state index >= 15 is 0 Å². The number of amides is 1. The normalized spacial score (nSPS) is 10.6. The number of aromatic nitrogens is 1. The summed E-state index contributed by atoms with van der Waals surface area (Å²) in [6.45, 7) is 0. The van der Waals surface area contributed by atoms with Gasteiger partial charge in [-0.1, -0.05) is 18.2 Å². The second kappa shape index (κ2) is 8.11. The number of carbonyl (C=O) groups excluding carboxylic acids is 2. The van der Waals surface area contributed by atoms with Gasteiger partial charge in [-0.15, -0.1) is 0 Å². The van der Waals surface area contributed by atoms with Crippen molar-refractivity contribution in [3.8, 4) is 5.69 Å². The van der Waals surface area contributed by atoms with E-state index in [1.165, 1.54) is 42.1 Å². The molecular weight excluding hydrogens is 400 g/mol. The van der Waals surface area contributed by atoms with E-state index in [9.17, 15) is 19.2 Å². The number of nitrogens with one attached hydrogen (secondary N) is 1. The van der Waals surface area contributed by atoms with Crippen molar-refractivity contribution >= 4 is 28.5 Å². The van der Waals surface area contributed by atoms with Gasteiger partial charge in [-0.3, -0.25) is 14.2 Å². The lowest BCUT2D eigenvalue weighted by molar-refractivity contribution is 0.0600. The van der Waals surface area contributed by atoms with Gasteiger partial charge in [0.2, 0.25) is 0 Å². The van der Waals surface area contributed by atoms with E-state index in [0.717, 1.165) is 0 Å². The lowest BCUT2D eigenvalue weighted by Gasteiger charge is -2.09. The van der Waals surface area contributed by atoms with Crippen LogP contribution in [-0.2, 0) is 4.74 Å². The maximum Gasteiger partial charge on any atom is 0.360 e. The van der Waals surface area contributed by atoms with Crippen molar-refractivity contribution < 1.29 is 18.7 Å². The highest BCUT2D eigenvalue weighted by Gasteiger charge is 2.14. The molecule has 0 aliphatic rings. The van der Waals surface area contributed by atoms with Gasteiger partial charge in [0.15, 0.2) is 0 Å². The third kappa shape index (κ3) is 3.86. The van der Waals surface area contributed by atoms with Crippen LogP contribution in [0.5, 0.6) is 0 Å². The molecule has 0 fully saturated rings. The van der Waals surface area contributed by atoms with E-state index < -0.39 is 23.1 Å². The smallest absolute Gasteiger partial charge is 0.360 e. The molecule has 4 aromatic rings. The maximum absolute atomic E-state index is 13.0. The van der Waals surface area contributed by atoms with Gasteiger partial charge in [0, 0.05) is 17.4 Å². The van der Waals surface area contributed by atoms with Crippen LogP contribution in [0.15, 0.2) is 86.9 Å². The molecule has 0 bridgehead atoms. The summed E-state index contributed by atoms with van der Waals surface area (Å²) < 4.78 is 11.2. The fourth-order valence-corrected chi connectivity index (χ4v) is 3.07. The second-order valence-corrected chi connectivity index (χ2v) is 6.57. The molecule has 8 nitrogen and oxygen atoms in total. The van der Waals surface area contributed by atoms with Crippen LogP contribution in [0.4, 0.5) is 5.69 Å². The van der Waals surface area contributed by atoms with Crippen LogP contribution >= 0.6 is 0 Å². The Balaban J connectivity index is 1.74. The van der Waals surface area contributed by atoms with Gasteiger partial charge in [-0.25, -0.2) is 9.59 Å². The quantitative estimate of drug-likeness (QED) is 0.513. The fraction of sp³-hybridized carbons (Fsp3) is 0.0435. The SMILES string of the molecule is COC(=O)c1ccc(-n2ccc3oc(=O)c(NC(=O)c4ccccc4)cc3c2=O)cc1. The van der Waals surface area contributed by atoms with Crippen LogP contribution in [0.25, 0.3) is 16.7 Å². The van der Waals surface area contributed by atoms with Crippen molar-refractivity contribution in [2.24, 2.45) is 0 Å². The summed E-state index contributed by atoms with van der Waals surface area (Å²) in [6.07, 6.45) is 1.46. The average molecular weight is 416 g/mol. The van der Waals surface area contributed by atoms with Crippen molar-refractivity contribution in [3.05, 3.63) is 105 Å². The monoisotopic (exact) mass is 416 g/mol. The zero-order valence-electron chi connectivity index (χ0n) is 16.3. The molecule has 0 atom stereocenters. The number of fused-ring (bicyclic) bond motifs is 1. The standard InChI is InChI=1S/C23H16N2O6/c1-30-22(28)15-7-9-16(10-8-15)25-12-11-19-17(21(25)27)13-18(23(29)31-19)24-20(26)14-5-3-2-4-6-14/h2-13H,1H3,(H,24,26). The summed E-state index contributed by atoms with van der Waals surface area (Å²) in [7, 11) is 1.28. The summed E-state index contributed by atoms with van der Waals surface area (Å²) in [5.74, 6) is -0.986. The van der Waals surface area contributed by atoms with Crippen LogP contribution in [0.3, 0.4) is 0 Å². The molecule has 0 radical (unpaired) electrons. The summed E-state index contributed by atoms with van der Waals surface area (Å²) in [6, 6.07) is 17.4. The first-order valence-corrected chi connectivity index (χ1v) is 9.22. The minimum absolute atomic E-state index is 0.0927. The molecule has 1 N–H and O–H groups in total. The van der Waals surface area contributed by atoms with Gasteiger partial charge in [0.05, 0.1) is 18.1 Å². The molecule has 154 valence electrons. The van der Waals surface area contributed by atoms with E-state index in [0.29, 0.717) is 16.8 Å². The number of nitrogens with zero attached hydrogens (tertiary/aromatic N) is 1. The van der Waals surface area contributed by atoms with Gasteiger partial charge in [-0.2, -0.15) is 0 Å². The first-order chi connectivity index (χ1) is 15.0. The van der Waals surface area contributed by atoms with E-state index in [4.69, 9.17) is 4.42 Å². The van der Waals surface area contributed by atoms with Crippen molar-refractivity contribution in [2.45, 2.75) is 0 Å². The molecule has 0 unspecified atom stereocenters. The van der Waals surface area contributed by atoms with Crippen LogP contribution in [0.1, 0.15) is 20.7 Å². The molecule has 0 aliphatic heterocycles. The van der Waals surface area contributed by atoms with Gasteiger partial charge >= 0.3 is 11.6 Å². The minimum atomic E-state index is -0.767. The van der Waals surface area contributed by atoms with Gasteiger partial charge in [0.25, 0.3) is 11.5 Å². The van der Waals surface area contributed by atoms with Crippen LogP contribution in [0, 0.1) is 0 Å². The Bertz CT molecular complexity index is 1400. The first-order valence-electron chi connectivity index (χ1n) is 9.22. The number of methoxy groups -OCH3 is 1. The number of esters is 1. The molecule has 8 heteroatoms. The third-order valence-electron chi connectivity index (χ3n) is 4.65. The zero-order valence-corrected chi connectivity index (χ0v) is 16.3. The molecule has 2 aromatic heterocycles. The highest BCUT2D eigenvalue weighted by molar-refractivity contribution is 6.04. The molecule has 0 aliphatic carbocycles. The number of benzene rings is 2. The highest BCUT2D eigenvalue weighted by atomic mass is 16.5. The Hall–Kier alpha value is -4.46. The van der Waals surface area contributed by atoms with E-state index in [2.05, 4.69) is 10.1 Å². The summed E-state index contributed by atoms with van der Waals surface area (Å²) in [4.78, 5) is 49.3. The molecular formula is C23H16N2O6. The molecule has 0 spiro atoms. The van der Waals surface area contributed by atoms with Gasteiger partial charge in [-0.05, 0) is 48.5 Å². The minimum Gasteiger partial charge on any atom is -0.465 e. The Labute approximate surface area is 175 Å². The highest BCUT2D eigenvalue weighted by Crippen LogP contribution is 2.15. The van der Waals surface area contributed by atoms with E-state index in [1.54, 1.807) is 42.5 Å². The number of anilines is 1. The zero-order chi connectivity index (χ0) is 22.0. The van der Waals surface area contributed by atoms with E-state index in [-0.39, 0.29) is 16.7 Å².